The molecule has 1 aromatic rings. The van der Waals surface area contributed by atoms with Gasteiger partial charge in [-0.1, -0.05) is 30.3 Å². The summed E-state index contributed by atoms with van der Waals surface area (Å²) in [5, 5.41) is 0. The molecule has 1 unspecified atom stereocenters. The predicted molar refractivity (Wildman–Crippen MR) is 84.3 cm³/mol. The van der Waals surface area contributed by atoms with Gasteiger partial charge in [0, 0.05) is 26.6 Å². The fraction of sp³-hybridized carbons (Fsp3) is 0.588. The third-order valence-electron chi connectivity index (χ3n) is 3.37. The van der Waals surface area contributed by atoms with Gasteiger partial charge in [0.15, 0.2) is 0 Å². The van der Waals surface area contributed by atoms with Gasteiger partial charge in [-0.15, -0.1) is 0 Å². The smallest absolute Gasteiger partial charge is 0.306 e. The van der Waals surface area contributed by atoms with Crippen LogP contribution in [0.25, 0.3) is 0 Å². The maximum Gasteiger partial charge on any atom is 0.306 e. The number of esters is 1. The largest absolute Gasteiger partial charge is 0.466 e. The van der Waals surface area contributed by atoms with Crippen molar-refractivity contribution in [2.24, 2.45) is 5.92 Å². The van der Waals surface area contributed by atoms with Crippen LogP contribution in [0.15, 0.2) is 30.3 Å². The van der Waals surface area contributed by atoms with E-state index in [1.807, 2.05) is 25.1 Å². The van der Waals surface area contributed by atoms with Gasteiger partial charge in [0.1, 0.15) is 0 Å². The molecule has 0 saturated carbocycles. The first-order chi connectivity index (χ1) is 10.2. The zero-order chi connectivity index (χ0) is 15.5. The van der Waals surface area contributed by atoms with E-state index in [-0.39, 0.29) is 11.9 Å². The third kappa shape index (κ3) is 7.83. The predicted octanol–water partition coefficient (Wildman–Crippen LogP) is 2.38. The average Bonchev–Trinajstić information content (AvgIpc) is 2.46. The highest BCUT2D eigenvalue weighted by molar-refractivity contribution is 5.69. The molecule has 0 amide bonds. The summed E-state index contributed by atoms with van der Waals surface area (Å²) in [4.78, 5) is 14.0. The SMILES string of the molecule is CCOC(=O)CC(Cc1ccccc1)CN(C)CCOC. The Labute approximate surface area is 128 Å². The monoisotopic (exact) mass is 293 g/mol. The molecule has 0 heterocycles. The lowest BCUT2D eigenvalue weighted by Crippen LogP contribution is -2.31. The number of hydrogen-bond donors (Lipinski definition) is 0. The molecule has 0 aliphatic heterocycles. The molecule has 0 aromatic heterocycles. The van der Waals surface area contributed by atoms with E-state index in [1.54, 1.807) is 7.11 Å². The van der Waals surface area contributed by atoms with Gasteiger partial charge < -0.3 is 14.4 Å². The standard InChI is InChI=1S/C17H27NO3/c1-4-21-17(19)13-16(14-18(2)10-11-20-3)12-15-8-6-5-7-9-15/h5-9,16H,4,10-14H2,1-3H3. The Morgan fingerprint density at radius 3 is 2.62 bits per heavy atom. The Balaban J connectivity index is 2.58. The zero-order valence-corrected chi connectivity index (χ0v) is 13.4. The van der Waals surface area contributed by atoms with Crippen LogP contribution in [-0.2, 0) is 20.7 Å². The van der Waals surface area contributed by atoms with Gasteiger partial charge in [0.05, 0.1) is 13.2 Å². The van der Waals surface area contributed by atoms with E-state index in [1.165, 1.54) is 5.56 Å². The summed E-state index contributed by atoms with van der Waals surface area (Å²) in [5.41, 5.74) is 1.26. The Morgan fingerprint density at radius 2 is 2.00 bits per heavy atom. The third-order valence-corrected chi connectivity index (χ3v) is 3.37. The van der Waals surface area contributed by atoms with Crippen molar-refractivity contribution in [3.8, 4) is 0 Å². The molecular weight excluding hydrogens is 266 g/mol. The lowest BCUT2D eigenvalue weighted by Gasteiger charge is -2.23. The highest BCUT2D eigenvalue weighted by Crippen LogP contribution is 2.14. The topological polar surface area (TPSA) is 38.8 Å². The van der Waals surface area contributed by atoms with E-state index < -0.39 is 0 Å². The van der Waals surface area contributed by atoms with Gasteiger partial charge >= 0.3 is 5.97 Å². The molecule has 21 heavy (non-hydrogen) atoms. The molecule has 4 heteroatoms. The van der Waals surface area contributed by atoms with E-state index in [0.29, 0.717) is 19.6 Å². The van der Waals surface area contributed by atoms with Gasteiger partial charge in [-0.2, -0.15) is 0 Å². The van der Waals surface area contributed by atoms with Gasteiger partial charge in [-0.25, -0.2) is 0 Å². The van der Waals surface area contributed by atoms with E-state index in [4.69, 9.17) is 9.47 Å². The first kappa shape index (κ1) is 17.7. The summed E-state index contributed by atoms with van der Waals surface area (Å²) in [7, 11) is 3.76. The lowest BCUT2D eigenvalue weighted by atomic mass is 9.95. The number of rotatable bonds is 10. The van der Waals surface area contributed by atoms with Crippen molar-refractivity contribution in [3.63, 3.8) is 0 Å². The van der Waals surface area contributed by atoms with E-state index >= 15 is 0 Å². The minimum atomic E-state index is -0.112. The van der Waals surface area contributed by atoms with Crippen molar-refractivity contribution in [1.29, 1.82) is 0 Å². The molecule has 0 saturated heterocycles. The first-order valence-corrected chi connectivity index (χ1v) is 7.52. The zero-order valence-electron chi connectivity index (χ0n) is 13.4. The minimum absolute atomic E-state index is 0.112. The van der Waals surface area contributed by atoms with Gasteiger partial charge in [-0.3, -0.25) is 4.79 Å². The number of carbonyl (C=O) groups excluding carboxylic acids is 1. The lowest BCUT2D eigenvalue weighted by molar-refractivity contribution is -0.144. The van der Waals surface area contributed by atoms with Crippen LogP contribution in [-0.4, -0.2) is 51.3 Å². The number of hydrogen-bond acceptors (Lipinski definition) is 4. The summed E-state index contributed by atoms with van der Waals surface area (Å²) in [6.07, 6.45) is 1.34. The van der Waals surface area contributed by atoms with Crippen molar-refractivity contribution < 1.29 is 14.3 Å². The summed E-state index contributed by atoms with van der Waals surface area (Å²) in [6, 6.07) is 10.3. The molecule has 0 radical (unpaired) electrons. The molecule has 0 N–H and O–H groups in total. The number of ether oxygens (including phenoxy) is 2. The summed E-state index contributed by atoms with van der Waals surface area (Å²) in [6.45, 7) is 4.71. The molecule has 0 spiro atoms. The number of nitrogens with zero attached hydrogens (tertiary/aromatic N) is 1. The maximum absolute atomic E-state index is 11.8. The van der Waals surface area contributed by atoms with Crippen molar-refractivity contribution in [2.45, 2.75) is 19.8 Å². The number of likely N-dealkylation sites (N-methyl/N-ethyl adjacent to an activating group) is 1. The molecule has 4 nitrogen and oxygen atoms in total. The molecule has 1 aromatic carbocycles. The van der Waals surface area contributed by atoms with Crippen molar-refractivity contribution in [2.75, 3.05) is 40.5 Å². The quantitative estimate of drug-likeness (QED) is 0.621. The fourth-order valence-corrected chi connectivity index (χ4v) is 2.38. The van der Waals surface area contributed by atoms with Crippen LogP contribution in [0.2, 0.25) is 0 Å². The van der Waals surface area contributed by atoms with Crippen LogP contribution in [0.4, 0.5) is 0 Å². The number of carbonyl (C=O) groups is 1. The Kier molecular flexibility index (Phi) is 8.71. The van der Waals surface area contributed by atoms with Gasteiger partial charge in [0.2, 0.25) is 0 Å². The second-order valence-electron chi connectivity index (χ2n) is 5.32. The van der Waals surface area contributed by atoms with Crippen LogP contribution in [0.3, 0.4) is 0 Å². The Hall–Kier alpha value is -1.39. The van der Waals surface area contributed by atoms with Crippen LogP contribution >= 0.6 is 0 Å². The molecule has 1 atom stereocenters. The fourth-order valence-electron chi connectivity index (χ4n) is 2.38. The Bertz CT molecular complexity index is 394. The van der Waals surface area contributed by atoms with Gasteiger partial charge in [-0.05, 0) is 31.9 Å². The van der Waals surface area contributed by atoms with Crippen molar-refractivity contribution in [1.82, 2.24) is 4.90 Å². The molecular formula is C17H27NO3. The Morgan fingerprint density at radius 1 is 1.29 bits per heavy atom. The molecule has 118 valence electrons. The van der Waals surface area contributed by atoms with Crippen LogP contribution in [0.5, 0.6) is 0 Å². The second kappa shape index (κ2) is 10.4. The minimum Gasteiger partial charge on any atom is -0.466 e. The van der Waals surface area contributed by atoms with Crippen molar-refractivity contribution >= 4 is 5.97 Å². The number of benzene rings is 1. The number of methoxy groups -OCH3 is 1. The van der Waals surface area contributed by atoms with Crippen LogP contribution in [0, 0.1) is 5.92 Å². The van der Waals surface area contributed by atoms with Gasteiger partial charge in [0.25, 0.3) is 0 Å². The summed E-state index contributed by atoms with van der Waals surface area (Å²) >= 11 is 0. The van der Waals surface area contributed by atoms with Crippen molar-refractivity contribution in [3.05, 3.63) is 35.9 Å². The molecule has 0 aliphatic carbocycles. The summed E-state index contributed by atoms with van der Waals surface area (Å²) in [5.74, 6) is 0.145. The second-order valence-corrected chi connectivity index (χ2v) is 5.32. The van der Waals surface area contributed by atoms with Crippen LogP contribution < -0.4 is 0 Å². The maximum atomic E-state index is 11.8. The van der Waals surface area contributed by atoms with E-state index in [9.17, 15) is 4.79 Å². The van der Waals surface area contributed by atoms with Crippen LogP contribution in [0.1, 0.15) is 18.9 Å². The highest BCUT2D eigenvalue weighted by Gasteiger charge is 2.17. The molecule has 0 aliphatic rings. The molecule has 0 fully saturated rings. The average molecular weight is 293 g/mol. The van der Waals surface area contributed by atoms with E-state index in [0.717, 1.165) is 19.5 Å². The van der Waals surface area contributed by atoms with E-state index in [2.05, 4.69) is 24.1 Å². The first-order valence-electron chi connectivity index (χ1n) is 7.52. The molecule has 1 rings (SSSR count). The normalized spacial score (nSPS) is 12.4. The summed E-state index contributed by atoms with van der Waals surface area (Å²) < 4.78 is 10.2. The molecule has 0 bridgehead atoms. The highest BCUT2D eigenvalue weighted by atomic mass is 16.5.